The smallest absolute Gasteiger partial charge is 0.0168 e. The molecule has 3 unspecified atom stereocenters. The maximum Gasteiger partial charge on any atom is 0.0168 e. The highest BCUT2D eigenvalue weighted by molar-refractivity contribution is 9.09. The summed E-state index contributed by atoms with van der Waals surface area (Å²) in [5, 5.41) is 0. The molecule has 0 heterocycles. The highest BCUT2D eigenvalue weighted by atomic mass is 79.9. The van der Waals surface area contributed by atoms with Gasteiger partial charge in [-0.15, -0.1) is 0 Å². The van der Waals surface area contributed by atoms with Crippen LogP contribution in [0.1, 0.15) is 47.0 Å². The van der Waals surface area contributed by atoms with Gasteiger partial charge in [0.2, 0.25) is 0 Å². The molecule has 0 saturated heterocycles. The largest absolute Gasteiger partial charge is 0.0888 e. The molecule has 11 heavy (non-hydrogen) atoms. The van der Waals surface area contributed by atoms with Crippen molar-refractivity contribution < 1.29 is 0 Å². The van der Waals surface area contributed by atoms with E-state index >= 15 is 0 Å². The molecule has 0 bridgehead atoms. The van der Waals surface area contributed by atoms with Crippen LogP contribution in [0.3, 0.4) is 0 Å². The third-order valence-corrected chi connectivity index (χ3v) is 4.03. The lowest BCUT2D eigenvalue weighted by Gasteiger charge is -2.19. The van der Waals surface area contributed by atoms with E-state index in [1.807, 2.05) is 0 Å². The average Bonchev–Trinajstić information content (AvgIpc) is 2.02. The summed E-state index contributed by atoms with van der Waals surface area (Å²) in [4.78, 5) is 0.719. The second-order valence-electron chi connectivity index (χ2n) is 3.65. The number of hydrogen-bond acceptors (Lipinski definition) is 0. The molecule has 68 valence electrons. The van der Waals surface area contributed by atoms with Crippen LogP contribution < -0.4 is 0 Å². The molecular formula is C10H21Br. The summed E-state index contributed by atoms with van der Waals surface area (Å²) < 4.78 is 0. The highest BCUT2D eigenvalue weighted by Crippen LogP contribution is 2.24. The maximum absolute atomic E-state index is 3.70. The Morgan fingerprint density at radius 1 is 1.09 bits per heavy atom. The second-order valence-corrected chi connectivity index (χ2v) is 4.83. The molecule has 0 rings (SSSR count). The van der Waals surface area contributed by atoms with Gasteiger partial charge >= 0.3 is 0 Å². The number of hydrogen-bond donors (Lipinski definition) is 0. The van der Waals surface area contributed by atoms with Crippen LogP contribution in [0, 0.1) is 11.8 Å². The first-order valence-corrected chi connectivity index (χ1v) is 5.67. The standard InChI is InChI=1S/C10H21Br/c1-5-8(3)7-9(4)10(11)6-2/h8-10H,5-7H2,1-4H3. The molecule has 0 N–H and O–H groups in total. The van der Waals surface area contributed by atoms with Crippen LogP contribution in [0.2, 0.25) is 0 Å². The van der Waals surface area contributed by atoms with Gasteiger partial charge in [0.1, 0.15) is 0 Å². The zero-order valence-electron chi connectivity index (χ0n) is 8.23. The summed E-state index contributed by atoms with van der Waals surface area (Å²) >= 11 is 3.70. The second kappa shape index (κ2) is 6.05. The van der Waals surface area contributed by atoms with Crippen LogP contribution in [0.25, 0.3) is 0 Å². The Hall–Kier alpha value is 0.480. The van der Waals surface area contributed by atoms with E-state index in [4.69, 9.17) is 0 Å². The van der Waals surface area contributed by atoms with E-state index in [9.17, 15) is 0 Å². The quantitative estimate of drug-likeness (QED) is 0.609. The van der Waals surface area contributed by atoms with Crippen LogP contribution in [-0.2, 0) is 0 Å². The molecule has 0 aliphatic carbocycles. The Morgan fingerprint density at radius 2 is 1.64 bits per heavy atom. The summed E-state index contributed by atoms with van der Waals surface area (Å²) in [5.41, 5.74) is 0. The van der Waals surface area contributed by atoms with Crippen molar-refractivity contribution in [2.75, 3.05) is 0 Å². The van der Waals surface area contributed by atoms with Crippen LogP contribution in [0.15, 0.2) is 0 Å². The van der Waals surface area contributed by atoms with Gasteiger partial charge in [-0.05, 0) is 24.7 Å². The first-order valence-electron chi connectivity index (χ1n) is 4.75. The molecule has 0 aliphatic rings. The van der Waals surface area contributed by atoms with E-state index in [0.717, 1.165) is 16.7 Å². The molecule has 0 amide bonds. The van der Waals surface area contributed by atoms with Gasteiger partial charge < -0.3 is 0 Å². The molecule has 0 radical (unpaired) electrons. The van der Waals surface area contributed by atoms with Crippen LogP contribution in [-0.4, -0.2) is 4.83 Å². The van der Waals surface area contributed by atoms with Crippen molar-refractivity contribution in [3.8, 4) is 0 Å². The molecule has 0 aliphatic heterocycles. The molecule has 0 fully saturated rings. The Morgan fingerprint density at radius 3 is 2.00 bits per heavy atom. The lowest BCUT2D eigenvalue weighted by Crippen LogP contribution is -2.12. The third kappa shape index (κ3) is 4.84. The van der Waals surface area contributed by atoms with Crippen LogP contribution in [0.4, 0.5) is 0 Å². The minimum absolute atomic E-state index is 0.719. The molecule has 0 saturated carbocycles. The van der Waals surface area contributed by atoms with E-state index < -0.39 is 0 Å². The summed E-state index contributed by atoms with van der Waals surface area (Å²) in [5.74, 6) is 1.71. The fourth-order valence-corrected chi connectivity index (χ4v) is 1.57. The van der Waals surface area contributed by atoms with Crippen molar-refractivity contribution in [1.29, 1.82) is 0 Å². The Labute approximate surface area is 79.9 Å². The highest BCUT2D eigenvalue weighted by Gasteiger charge is 2.13. The zero-order chi connectivity index (χ0) is 8.85. The fourth-order valence-electron chi connectivity index (χ4n) is 1.35. The summed E-state index contributed by atoms with van der Waals surface area (Å²) in [6, 6.07) is 0. The first kappa shape index (κ1) is 11.5. The predicted octanol–water partition coefficient (Wildman–Crippen LogP) is 4.23. The van der Waals surface area contributed by atoms with E-state index in [1.165, 1.54) is 19.3 Å². The van der Waals surface area contributed by atoms with Crippen LogP contribution >= 0.6 is 15.9 Å². The lowest BCUT2D eigenvalue weighted by atomic mass is 9.92. The van der Waals surface area contributed by atoms with Gasteiger partial charge in [-0.2, -0.15) is 0 Å². The monoisotopic (exact) mass is 220 g/mol. The summed E-state index contributed by atoms with van der Waals surface area (Å²) in [6.07, 6.45) is 3.92. The average molecular weight is 221 g/mol. The minimum atomic E-state index is 0.719. The number of rotatable bonds is 5. The zero-order valence-corrected chi connectivity index (χ0v) is 9.82. The van der Waals surface area contributed by atoms with E-state index in [-0.39, 0.29) is 0 Å². The van der Waals surface area contributed by atoms with E-state index in [1.54, 1.807) is 0 Å². The normalized spacial score (nSPS) is 19.4. The number of alkyl halides is 1. The molecule has 0 spiro atoms. The Bertz CT molecular complexity index is 90.9. The number of halogens is 1. The van der Waals surface area contributed by atoms with Gasteiger partial charge in [-0.25, -0.2) is 0 Å². The van der Waals surface area contributed by atoms with Gasteiger partial charge in [0.15, 0.2) is 0 Å². The van der Waals surface area contributed by atoms with Gasteiger partial charge in [0.25, 0.3) is 0 Å². The van der Waals surface area contributed by atoms with Crippen molar-refractivity contribution in [1.82, 2.24) is 0 Å². The summed E-state index contributed by atoms with van der Waals surface area (Å²) in [6.45, 7) is 9.19. The van der Waals surface area contributed by atoms with Gasteiger partial charge in [-0.1, -0.05) is 50.0 Å². The van der Waals surface area contributed by atoms with Crippen molar-refractivity contribution >= 4 is 15.9 Å². The van der Waals surface area contributed by atoms with Crippen molar-refractivity contribution in [2.24, 2.45) is 11.8 Å². The molecule has 3 atom stereocenters. The SMILES string of the molecule is CCC(C)CC(C)C(Br)CC. The summed E-state index contributed by atoms with van der Waals surface area (Å²) in [7, 11) is 0. The fraction of sp³-hybridized carbons (Fsp3) is 1.00. The molecule has 0 aromatic rings. The topological polar surface area (TPSA) is 0 Å². The minimum Gasteiger partial charge on any atom is -0.0888 e. The maximum atomic E-state index is 3.70. The van der Waals surface area contributed by atoms with Crippen molar-refractivity contribution in [3.05, 3.63) is 0 Å². The van der Waals surface area contributed by atoms with Gasteiger partial charge in [0, 0.05) is 4.83 Å². The predicted molar refractivity (Wildman–Crippen MR) is 56.2 cm³/mol. The molecular weight excluding hydrogens is 200 g/mol. The first-order chi connectivity index (χ1) is 5.11. The Kier molecular flexibility index (Phi) is 6.31. The van der Waals surface area contributed by atoms with Gasteiger partial charge in [-0.3, -0.25) is 0 Å². The van der Waals surface area contributed by atoms with Crippen molar-refractivity contribution in [2.45, 2.75) is 51.8 Å². The van der Waals surface area contributed by atoms with Gasteiger partial charge in [0.05, 0.1) is 0 Å². The van der Waals surface area contributed by atoms with E-state index in [0.29, 0.717) is 0 Å². The molecule has 0 aromatic heterocycles. The third-order valence-electron chi connectivity index (χ3n) is 2.48. The Balaban J connectivity index is 3.58. The van der Waals surface area contributed by atoms with Crippen molar-refractivity contribution in [3.63, 3.8) is 0 Å². The molecule has 1 heteroatoms. The molecule has 0 nitrogen and oxygen atoms in total. The molecule has 0 aromatic carbocycles. The van der Waals surface area contributed by atoms with E-state index in [2.05, 4.69) is 43.6 Å². The lowest BCUT2D eigenvalue weighted by molar-refractivity contribution is 0.395. The van der Waals surface area contributed by atoms with Crippen LogP contribution in [0.5, 0.6) is 0 Å².